The monoisotopic (exact) mass is 315 g/mol. The second-order valence-corrected chi connectivity index (χ2v) is 5.35. The topological polar surface area (TPSA) is 29.5 Å². The van der Waals surface area contributed by atoms with Crippen LogP contribution in [0.4, 0.5) is 13.2 Å². The average molecular weight is 315 g/mol. The van der Waals surface area contributed by atoms with Crippen LogP contribution in [0.1, 0.15) is 30.9 Å². The number of benzene rings is 1. The van der Waals surface area contributed by atoms with Crippen molar-refractivity contribution in [1.82, 2.24) is 4.90 Å². The Morgan fingerprint density at radius 3 is 2.50 bits per heavy atom. The van der Waals surface area contributed by atoms with Gasteiger partial charge < -0.3 is 9.64 Å². The lowest BCUT2D eigenvalue weighted by Crippen LogP contribution is -2.44. The predicted octanol–water partition coefficient (Wildman–Crippen LogP) is 3.28. The van der Waals surface area contributed by atoms with Crippen molar-refractivity contribution in [1.29, 1.82) is 0 Å². The summed E-state index contributed by atoms with van der Waals surface area (Å²) in [4.78, 5) is 14.1. The molecule has 122 valence electrons. The predicted molar refractivity (Wildman–Crippen MR) is 76.4 cm³/mol. The van der Waals surface area contributed by atoms with E-state index in [0.29, 0.717) is 19.8 Å². The quantitative estimate of drug-likeness (QED) is 0.853. The summed E-state index contributed by atoms with van der Waals surface area (Å²) >= 11 is 0. The van der Waals surface area contributed by atoms with E-state index in [1.165, 1.54) is 18.2 Å². The van der Waals surface area contributed by atoms with Crippen LogP contribution in [0.5, 0.6) is 0 Å². The number of nitrogens with zero attached hydrogens (tertiary/aromatic N) is 1. The fourth-order valence-electron chi connectivity index (χ4n) is 2.85. The molecule has 6 heteroatoms. The number of hydrogen-bond acceptors (Lipinski definition) is 2. The van der Waals surface area contributed by atoms with Gasteiger partial charge >= 0.3 is 6.18 Å². The largest absolute Gasteiger partial charge is 0.416 e. The van der Waals surface area contributed by atoms with Gasteiger partial charge in [-0.05, 0) is 31.4 Å². The van der Waals surface area contributed by atoms with Gasteiger partial charge in [0.05, 0.1) is 12.0 Å². The van der Waals surface area contributed by atoms with Crippen molar-refractivity contribution in [2.75, 3.05) is 19.8 Å². The molecule has 1 aromatic rings. The number of carbonyl (C=O) groups is 1. The fraction of sp³-hybridized carbons (Fsp3) is 0.562. The molecule has 1 aliphatic heterocycles. The van der Waals surface area contributed by atoms with Gasteiger partial charge in [0.25, 0.3) is 0 Å². The summed E-state index contributed by atoms with van der Waals surface area (Å²) in [6.07, 6.45) is -3.19. The van der Waals surface area contributed by atoms with E-state index in [-0.39, 0.29) is 23.9 Å². The highest BCUT2D eigenvalue weighted by Gasteiger charge is 2.34. The molecule has 0 bridgehead atoms. The van der Waals surface area contributed by atoms with E-state index in [1.807, 2.05) is 6.92 Å². The van der Waals surface area contributed by atoms with Gasteiger partial charge in [0.1, 0.15) is 0 Å². The molecule has 1 aliphatic rings. The van der Waals surface area contributed by atoms with E-state index in [2.05, 4.69) is 0 Å². The summed E-state index contributed by atoms with van der Waals surface area (Å²) in [6.45, 7) is 3.53. The summed E-state index contributed by atoms with van der Waals surface area (Å²) in [5, 5.41) is 0. The van der Waals surface area contributed by atoms with Crippen LogP contribution in [0.3, 0.4) is 0 Å². The maximum atomic E-state index is 13.0. The molecule has 1 fully saturated rings. The Bertz CT molecular complexity index is 510. The highest BCUT2D eigenvalue weighted by atomic mass is 19.4. The summed E-state index contributed by atoms with van der Waals surface area (Å²) in [6, 6.07) is 5.32. The third-order valence-electron chi connectivity index (χ3n) is 3.96. The van der Waals surface area contributed by atoms with Crippen molar-refractivity contribution in [3.05, 3.63) is 35.4 Å². The molecule has 0 radical (unpaired) electrons. The van der Waals surface area contributed by atoms with Crippen molar-refractivity contribution in [2.24, 2.45) is 0 Å². The van der Waals surface area contributed by atoms with Gasteiger partial charge in [-0.1, -0.05) is 18.2 Å². The molecular weight excluding hydrogens is 295 g/mol. The van der Waals surface area contributed by atoms with Gasteiger partial charge in [-0.25, -0.2) is 0 Å². The molecule has 0 N–H and O–H groups in total. The number of carbonyl (C=O) groups excluding carboxylic acids is 1. The van der Waals surface area contributed by atoms with E-state index in [4.69, 9.17) is 4.74 Å². The minimum atomic E-state index is -4.44. The molecule has 1 saturated heterocycles. The Morgan fingerprint density at radius 2 is 1.91 bits per heavy atom. The zero-order valence-electron chi connectivity index (χ0n) is 12.5. The smallest absolute Gasteiger partial charge is 0.381 e. The maximum Gasteiger partial charge on any atom is 0.416 e. The van der Waals surface area contributed by atoms with Crippen LogP contribution in [0.15, 0.2) is 24.3 Å². The SMILES string of the molecule is CCN(C(=O)Cc1ccccc1C(F)(F)F)C1CCOCC1. The summed E-state index contributed by atoms with van der Waals surface area (Å²) in [5.41, 5.74) is -0.697. The molecule has 3 nitrogen and oxygen atoms in total. The van der Waals surface area contributed by atoms with E-state index in [1.54, 1.807) is 4.90 Å². The van der Waals surface area contributed by atoms with Crippen molar-refractivity contribution in [3.63, 3.8) is 0 Å². The number of ether oxygens (including phenoxy) is 1. The molecule has 1 amide bonds. The third-order valence-corrected chi connectivity index (χ3v) is 3.96. The number of amides is 1. The molecule has 0 unspecified atom stereocenters. The Balaban J connectivity index is 2.13. The van der Waals surface area contributed by atoms with Gasteiger partial charge in [0.15, 0.2) is 0 Å². The lowest BCUT2D eigenvalue weighted by atomic mass is 10.0. The average Bonchev–Trinajstić information content (AvgIpc) is 2.48. The fourth-order valence-corrected chi connectivity index (χ4v) is 2.85. The Kier molecular flexibility index (Phi) is 5.45. The van der Waals surface area contributed by atoms with Crippen LogP contribution in [-0.4, -0.2) is 36.6 Å². The molecule has 2 rings (SSSR count). The van der Waals surface area contributed by atoms with Gasteiger partial charge in [-0.2, -0.15) is 13.2 Å². The van der Waals surface area contributed by atoms with Crippen LogP contribution < -0.4 is 0 Å². The number of rotatable bonds is 4. The zero-order valence-corrected chi connectivity index (χ0v) is 12.5. The van der Waals surface area contributed by atoms with Gasteiger partial charge in [0.2, 0.25) is 5.91 Å². The molecule has 0 aliphatic carbocycles. The van der Waals surface area contributed by atoms with E-state index in [9.17, 15) is 18.0 Å². The lowest BCUT2D eigenvalue weighted by Gasteiger charge is -2.33. The molecule has 0 aromatic heterocycles. The van der Waals surface area contributed by atoms with Gasteiger partial charge in [-0.15, -0.1) is 0 Å². The van der Waals surface area contributed by atoms with Crippen molar-refractivity contribution in [2.45, 2.75) is 38.4 Å². The Labute approximate surface area is 128 Å². The van der Waals surface area contributed by atoms with Crippen molar-refractivity contribution in [3.8, 4) is 0 Å². The summed E-state index contributed by atoms with van der Waals surface area (Å²) in [5.74, 6) is -0.258. The van der Waals surface area contributed by atoms with Crippen LogP contribution in [0.2, 0.25) is 0 Å². The lowest BCUT2D eigenvalue weighted by molar-refractivity contribution is -0.139. The molecule has 1 heterocycles. The summed E-state index contributed by atoms with van der Waals surface area (Å²) < 4.78 is 44.3. The summed E-state index contributed by atoms with van der Waals surface area (Å²) in [7, 11) is 0. The first-order chi connectivity index (χ1) is 10.4. The second kappa shape index (κ2) is 7.13. The van der Waals surface area contributed by atoms with Gasteiger partial charge in [-0.3, -0.25) is 4.79 Å². The molecule has 0 atom stereocenters. The Morgan fingerprint density at radius 1 is 1.27 bits per heavy atom. The van der Waals surface area contributed by atoms with E-state index in [0.717, 1.165) is 18.9 Å². The van der Waals surface area contributed by atoms with Gasteiger partial charge in [0, 0.05) is 25.8 Å². The first kappa shape index (κ1) is 16.8. The first-order valence-electron chi connectivity index (χ1n) is 7.45. The van der Waals surface area contributed by atoms with Crippen LogP contribution >= 0.6 is 0 Å². The number of likely N-dealkylation sites (N-methyl/N-ethyl adjacent to an activating group) is 1. The van der Waals surface area contributed by atoms with Crippen LogP contribution in [-0.2, 0) is 22.1 Å². The van der Waals surface area contributed by atoms with E-state index >= 15 is 0 Å². The van der Waals surface area contributed by atoms with E-state index < -0.39 is 11.7 Å². The number of alkyl halides is 3. The molecule has 1 aromatic carbocycles. The number of halogens is 3. The number of hydrogen-bond donors (Lipinski definition) is 0. The molecule has 0 spiro atoms. The van der Waals surface area contributed by atoms with Crippen LogP contribution in [0, 0.1) is 0 Å². The normalized spacial score (nSPS) is 16.5. The minimum Gasteiger partial charge on any atom is -0.381 e. The maximum absolute atomic E-state index is 13.0. The molecule has 22 heavy (non-hydrogen) atoms. The second-order valence-electron chi connectivity index (χ2n) is 5.35. The highest BCUT2D eigenvalue weighted by molar-refractivity contribution is 5.79. The van der Waals surface area contributed by atoms with Crippen molar-refractivity contribution >= 4 is 5.91 Å². The third kappa shape index (κ3) is 4.00. The standard InChI is InChI=1S/C16H20F3NO2/c1-2-20(13-7-9-22-10-8-13)15(21)11-12-5-3-4-6-14(12)16(17,18)19/h3-6,13H,2,7-11H2,1H3. The highest BCUT2D eigenvalue weighted by Crippen LogP contribution is 2.32. The Hall–Kier alpha value is -1.56. The van der Waals surface area contributed by atoms with Crippen molar-refractivity contribution < 1.29 is 22.7 Å². The first-order valence-corrected chi connectivity index (χ1v) is 7.45. The van der Waals surface area contributed by atoms with Crippen LogP contribution in [0.25, 0.3) is 0 Å². The molecule has 0 saturated carbocycles. The molecular formula is C16H20F3NO2. The minimum absolute atomic E-state index is 0.0329. The zero-order chi connectivity index (χ0) is 16.2.